The molecule has 2 aliphatic heterocycles. The van der Waals surface area contributed by atoms with E-state index in [1.807, 2.05) is 6.07 Å². The molecule has 2 fully saturated rings. The Labute approximate surface area is 233 Å². The molecule has 2 saturated heterocycles. The first-order valence-electron chi connectivity index (χ1n) is 13.8. The average molecular weight is 539 g/mol. The Morgan fingerprint density at radius 1 is 1.18 bits per heavy atom. The molecule has 214 valence electrons. The fourth-order valence-electron chi connectivity index (χ4n) is 5.13. The summed E-state index contributed by atoms with van der Waals surface area (Å²) in [5.41, 5.74) is 14.3. The van der Waals surface area contributed by atoms with Gasteiger partial charge in [-0.1, -0.05) is 19.6 Å². The molecule has 1 aromatic rings. The van der Waals surface area contributed by atoms with Crippen molar-refractivity contribution in [3.63, 3.8) is 0 Å². The van der Waals surface area contributed by atoms with Crippen molar-refractivity contribution >= 4 is 23.8 Å². The molecule has 10 nitrogen and oxygen atoms in total. The lowest BCUT2D eigenvalue weighted by atomic mass is 9.99. The Kier molecular flexibility index (Phi) is 10.7. The molecule has 6 N–H and O–H groups in total. The summed E-state index contributed by atoms with van der Waals surface area (Å²) in [5.74, 6) is 1.63. The van der Waals surface area contributed by atoms with Crippen LogP contribution in [0.1, 0.15) is 31.9 Å². The van der Waals surface area contributed by atoms with E-state index in [0.717, 1.165) is 38.3 Å². The second-order valence-electron chi connectivity index (χ2n) is 11.2. The van der Waals surface area contributed by atoms with Crippen molar-refractivity contribution in [2.24, 2.45) is 28.3 Å². The first-order chi connectivity index (χ1) is 18.5. The molecule has 2 atom stereocenters. The molecular weight excluding hydrogens is 492 g/mol. The Bertz CT molecular complexity index is 1070. The number of piperazine rings is 1. The van der Waals surface area contributed by atoms with Crippen LogP contribution in [0.2, 0.25) is 0 Å². The lowest BCUT2D eigenvalue weighted by molar-refractivity contribution is -0.137. The summed E-state index contributed by atoms with van der Waals surface area (Å²) in [4.78, 5) is 35.4. The van der Waals surface area contributed by atoms with Gasteiger partial charge in [0, 0.05) is 63.9 Å². The Morgan fingerprint density at radius 2 is 1.87 bits per heavy atom. The van der Waals surface area contributed by atoms with E-state index in [1.165, 1.54) is 17.3 Å². The lowest BCUT2D eigenvalue weighted by Crippen LogP contribution is -2.58. The highest BCUT2D eigenvalue weighted by Gasteiger charge is 2.31. The highest BCUT2D eigenvalue weighted by atomic mass is 16.2. The number of urea groups is 1. The SMILES string of the molecule is C=CN=C/C=C(/NC(=O)N1CCN(C(=O)C(C)(C)N)CC1)Nc1ccc(CCN2CC(C)[C@H](CN)C2)c(C)c1. The van der Waals surface area contributed by atoms with E-state index in [1.54, 1.807) is 35.9 Å². The molecule has 39 heavy (non-hydrogen) atoms. The van der Waals surface area contributed by atoms with Gasteiger partial charge in [0.1, 0.15) is 5.82 Å². The van der Waals surface area contributed by atoms with Gasteiger partial charge in [-0.05, 0) is 74.9 Å². The molecule has 0 aromatic heterocycles. The van der Waals surface area contributed by atoms with E-state index >= 15 is 0 Å². The Morgan fingerprint density at radius 3 is 2.46 bits per heavy atom. The highest BCUT2D eigenvalue weighted by Crippen LogP contribution is 2.23. The van der Waals surface area contributed by atoms with Gasteiger partial charge >= 0.3 is 6.03 Å². The minimum atomic E-state index is -0.928. The molecule has 2 heterocycles. The van der Waals surface area contributed by atoms with Crippen molar-refractivity contribution in [1.82, 2.24) is 20.0 Å². The number of aryl methyl sites for hydroxylation is 1. The fraction of sp³-hybridized carbons (Fsp3) is 0.552. The van der Waals surface area contributed by atoms with E-state index in [-0.39, 0.29) is 11.9 Å². The molecule has 0 radical (unpaired) electrons. The van der Waals surface area contributed by atoms with Gasteiger partial charge in [0.2, 0.25) is 5.91 Å². The summed E-state index contributed by atoms with van der Waals surface area (Å²) in [6, 6.07) is 6.02. The number of carbonyl (C=O) groups excluding carboxylic acids is 2. The summed E-state index contributed by atoms with van der Waals surface area (Å²) < 4.78 is 0. The quantitative estimate of drug-likeness (QED) is 0.338. The predicted octanol–water partition coefficient (Wildman–Crippen LogP) is 2.12. The fourth-order valence-corrected chi connectivity index (χ4v) is 5.13. The van der Waals surface area contributed by atoms with Crippen molar-refractivity contribution in [2.75, 3.05) is 57.7 Å². The smallest absolute Gasteiger partial charge is 0.323 e. The van der Waals surface area contributed by atoms with Gasteiger partial charge in [0.25, 0.3) is 0 Å². The zero-order valence-electron chi connectivity index (χ0n) is 23.9. The summed E-state index contributed by atoms with van der Waals surface area (Å²) in [7, 11) is 0. The number of rotatable bonds is 10. The number of hydrogen-bond donors (Lipinski definition) is 4. The Balaban J connectivity index is 1.59. The predicted molar refractivity (Wildman–Crippen MR) is 158 cm³/mol. The number of anilines is 1. The summed E-state index contributed by atoms with van der Waals surface area (Å²) in [6.07, 6.45) is 5.68. The zero-order valence-corrected chi connectivity index (χ0v) is 23.9. The van der Waals surface area contributed by atoms with Gasteiger partial charge < -0.3 is 31.5 Å². The van der Waals surface area contributed by atoms with Crippen molar-refractivity contribution in [2.45, 2.75) is 39.7 Å². The summed E-state index contributed by atoms with van der Waals surface area (Å²) in [5, 5.41) is 6.26. The standard InChI is InChI=1S/C29H46N8O2/c1-6-32-11-9-26(34-28(39)37-15-13-36(14-16-37)27(38)29(4,5)31)33-25-8-7-23(21(2)17-25)10-12-35-19-22(3)24(18-30)20-35/h6-9,11,17,22,24,33H,1,10,12-16,18-20,30-31H2,2-5H3,(H,34,39)/b26-9+,32-11?/t22?,24-/m1/s1. The van der Waals surface area contributed by atoms with Crippen LogP contribution in [-0.4, -0.2) is 90.7 Å². The van der Waals surface area contributed by atoms with Crippen LogP contribution in [0.15, 0.2) is 47.9 Å². The number of nitrogens with one attached hydrogen (secondary N) is 2. The van der Waals surface area contributed by atoms with Crippen molar-refractivity contribution < 1.29 is 9.59 Å². The molecule has 0 spiro atoms. The van der Waals surface area contributed by atoms with Crippen LogP contribution in [0.25, 0.3) is 0 Å². The molecule has 0 saturated carbocycles. The number of allylic oxidation sites excluding steroid dienone is 1. The van der Waals surface area contributed by atoms with Gasteiger partial charge in [-0.3, -0.25) is 15.1 Å². The van der Waals surface area contributed by atoms with E-state index in [0.29, 0.717) is 43.8 Å². The van der Waals surface area contributed by atoms with Gasteiger partial charge in [0.05, 0.1) is 5.54 Å². The summed E-state index contributed by atoms with van der Waals surface area (Å²) >= 11 is 0. The number of carbonyl (C=O) groups is 2. The third-order valence-corrected chi connectivity index (χ3v) is 7.54. The van der Waals surface area contributed by atoms with Crippen LogP contribution in [0.3, 0.4) is 0 Å². The molecule has 1 unspecified atom stereocenters. The first-order valence-corrected chi connectivity index (χ1v) is 13.8. The van der Waals surface area contributed by atoms with E-state index in [2.05, 4.69) is 53.1 Å². The molecule has 2 aliphatic rings. The van der Waals surface area contributed by atoms with Crippen LogP contribution in [0.5, 0.6) is 0 Å². The summed E-state index contributed by atoms with van der Waals surface area (Å²) in [6.45, 7) is 17.1. The first kappa shape index (κ1) is 30.3. The molecular formula is C29H46N8O2. The maximum Gasteiger partial charge on any atom is 0.323 e. The van der Waals surface area contributed by atoms with Gasteiger partial charge in [-0.15, -0.1) is 0 Å². The van der Waals surface area contributed by atoms with Gasteiger partial charge in [0.15, 0.2) is 0 Å². The van der Waals surface area contributed by atoms with E-state index in [9.17, 15) is 9.59 Å². The Hall–Kier alpha value is -3.21. The molecule has 10 heteroatoms. The second kappa shape index (κ2) is 13.7. The van der Waals surface area contributed by atoms with Crippen molar-refractivity contribution in [1.29, 1.82) is 0 Å². The number of nitrogens with zero attached hydrogens (tertiary/aromatic N) is 4. The molecule has 0 bridgehead atoms. The number of aliphatic imine (C=N–C) groups is 1. The molecule has 0 aliphatic carbocycles. The second-order valence-corrected chi connectivity index (χ2v) is 11.2. The normalized spacial score (nSPS) is 20.9. The number of amides is 3. The minimum Gasteiger partial charge on any atom is -0.342 e. The maximum absolute atomic E-state index is 13.0. The maximum atomic E-state index is 13.0. The van der Waals surface area contributed by atoms with Crippen LogP contribution in [-0.2, 0) is 11.2 Å². The molecule has 3 rings (SSSR count). The minimum absolute atomic E-state index is 0.112. The third-order valence-electron chi connectivity index (χ3n) is 7.54. The van der Waals surface area contributed by atoms with Crippen LogP contribution in [0.4, 0.5) is 10.5 Å². The molecule has 1 aromatic carbocycles. The lowest BCUT2D eigenvalue weighted by Gasteiger charge is -2.37. The molecule has 3 amide bonds. The average Bonchev–Trinajstić information content (AvgIpc) is 3.26. The van der Waals surface area contributed by atoms with Crippen LogP contribution < -0.4 is 22.1 Å². The number of benzene rings is 1. The topological polar surface area (TPSA) is 132 Å². The van der Waals surface area contributed by atoms with Crippen molar-refractivity contribution in [3.8, 4) is 0 Å². The monoisotopic (exact) mass is 538 g/mol. The van der Waals surface area contributed by atoms with E-state index in [4.69, 9.17) is 11.5 Å². The van der Waals surface area contributed by atoms with Crippen LogP contribution >= 0.6 is 0 Å². The highest BCUT2D eigenvalue weighted by molar-refractivity contribution is 5.86. The van der Waals surface area contributed by atoms with Gasteiger partial charge in [-0.25, -0.2) is 4.79 Å². The number of nitrogens with two attached hydrogens (primary N) is 2. The van der Waals surface area contributed by atoms with Crippen molar-refractivity contribution in [3.05, 3.63) is 54.0 Å². The van der Waals surface area contributed by atoms with Gasteiger partial charge in [-0.2, -0.15) is 0 Å². The van der Waals surface area contributed by atoms with Crippen LogP contribution in [0, 0.1) is 18.8 Å². The largest absolute Gasteiger partial charge is 0.342 e. The zero-order chi connectivity index (χ0) is 28.6. The number of likely N-dealkylation sites (tertiary alicyclic amines) is 1. The van der Waals surface area contributed by atoms with E-state index < -0.39 is 5.54 Å². The number of hydrogen-bond acceptors (Lipinski definition) is 7. The third kappa shape index (κ3) is 8.64.